The molecule has 0 fully saturated rings. The number of nitrogens with one attached hydrogen (secondary N) is 1. The molecule has 0 radical (unpaired) electrons. The van der Waals surface area contributed by atoms with Crippen LogP contribution in [0.5, 0.6) is 0 Å². The minimum atomic E-state index is 0.349. The molecule has 0 unspecified atom stereocenters. The molecular formula is C14H17N3. The number of hydrogen-bond acceptors (Lipinski definition) is 3. The fourth-order valence-electron chi connectivity index (χ4n) is 1.73. The minimum absolute atomic E-state index is 0.349. The Morgan fingerprint density at radius 3 is 2.65 bits per heavy atom. The zero-order valence-corrected chi connectivity index (χ0v) is 10.0. The molecule has 0 aromatic carbocycles. The van der Waals surface area contributed by atoms with Crippen LogP contribution in [0.25, 0.3) is 0 Å². The molecular weight excluding hydrogens is 210 g/mol. The Morgan fingerprint density at radius 2 is 1.94 bits per heavy atom. The highest BCUT2D eigenvalue weighted by molar-refractivity contribution is 5.14. The van der Waals surface area contributed by atoms with E-state index in [-0.39, 0.29) is 0 Å². The Balaban J connectivity index is 1.79. The molecule has 2 aromatic heterocycles. The van der Waals surface area contributed by atoms with Crippen molar-refractivity contribution in [3.8, 4) is 0 Å². The van der Waals surface area contributed by atoms with Crippen molar-refractivity contribution < 1.29 is 0 Å². The lowest BCUT2D eigenvalue weighted by Crippen LogP contribution is -2.21. The van der Waals surface area contributed by atoms with Gasteiger partial charge in [-0.3, -0.25) is 9.97 Å². The van der Waals surface area contributed by atoms with Gasteiger partial charge in [-0.05, 0) is 36.8 Å². The molecule has 0 amide bonds. The summed E-state index contributed by atoms with van der Waals surface area (Å²) in [5.74, 6) is 0. The fraction of sp³-hybridized carbons (Fsp3) is 0.286. The lowest BCUT2D eigenvalue weighted by atomic mass is 10.1. The third-order valence-electron chi connectivity index (χ3n) is 2.76. The standard InChI is InChI=1S/C14H17N3/c1-12(13-5-9-15-10-6-13)16-11-7-14-4-2-3-8-17-14/h2-6,8-10,12,16H,7,11H2,1H3/t12-/m0/s1. The molecule has 0 saturated heterocycles. The van der Waals surface area contributed by atoms with Crippen LogP contribution < -0.4 is 5.32 Å². The Bertz CT molecular complexity index is 428. The summed E-state index contributed by atoms with van der Waals surface area (Å²) in [6.07, 6.45) is 6.44. The van der Waals surface area contributed by atoms with E-state index in [0.29, 0.717) is 6.04 Å². The van der Waals surface area contributed by atoms with Gasteiger partial charge in [0, 0.05) is 43.3 Å². The van der Waals surface area contributed by atoms with Crippen molar-refractivity contribution in [2.45, 2.75) is 19.4 Å². The van der Waals surface area contributed by atoms with Crippen molar-refractivity contribution in [2.75, 3.05) is 6.54 Å². The van der Waals surface area contributed by atoms with Gasteiger partial charge in [0.05, 0.1) is 0 Å². The average molecular weight is 227 g/mol. The van der Waals surface area contributed by atoms with Crippen LogP contribution in [0.15, 0.2) is 48.9 Å². The Hall–Kier alpha value is -1.74. The molecule has 1 N–H and O–H groups in total. The van der Waals surface area contributed by atoms with Gasteiger partial charge in [0.15, 0.2) is 0 Å². The van der Waals surface area contributed by atoms with Gasteiger partial charge in [-0.2, -0.15) is 0 Å². The SMILES string of the molecule is C[C@H](NCCc1ccccn1)c1ccncc1. The van der Waals surface area contributed by atoms with E-state index in [9.17, 15) is 0 Å². The summed E-state index contributed by atoms with van der Waals surface area (Å²) in [6, 6.07) is 10.4. The van der Waals surface area contributed by atoms with Gasteiger partial charge in [-0.1, -0.05) is 6.07 Å². The first-order chi connectivity index (χ1) is 8.36. The van der Waals surface area contributed by atoms with E-state index in [1.165, 1.54) is 5.56 Å². The largest absolute Gasteiger partial charge is 0.310 e. The van der Waals surface area contributed by atoms with Crippen molar-refractivity contribution in [3.63, 3.8) is 0 Å². The summed E-state index contributed by atoms with van der Waals surface area (Å²) in [5, 5.41) is 3.48. The predicted octanol–water partition coefficient (Wildman–Crippen LogP) is 2.37. The summed E-state index contributed by atoms with van der Waals surface area (Å²) >= 11 is 0. The zero-order chi connectivity index (χ0) is 11.9. The van der Waals surface area contributed by atoms with Crippen LogP contribution in [-0.2, 0) is 6.42 Å². The third-order valence-corrected chi connectivity index (χ3v) is 2.76. The molecule has 0 saturated carbocycles. The van der Waals surface area contributed by atoms with Crippen molar-refractivity contribution >= 4 is 0 Å². The van der Waals surface area contributed by atoms with Gasteiger partial charge in [-0.25, -0.2) is 0 Å². The summed E-state index contributed by atoms with van der Waals surface area (Å²) in [7, 11) is 0. The van der Waals surface area contributed by atoms with Gasteiger partial charge in [-0.15, -0.1) is 0 Å². The van der Waals surface area contributed by atoms with Gasteiger partial charge in [0.1, 0.15) is 0 Å². The molecule has 0 bridgehead atoms. The molecule has 3 heteroatoms. The molecule has 2 rings (SSSR count). The molecule has 88 valence electrons. The maximum atomic E-state index is 4.30. The first-order valence-corrected chi connectivity index (χ1v) is 5.89. The molecule has 1 atom stereocenters. The van der Waals surface area contributed by atoms with Crippen molar-refractivity contribution in [1.29, 1.82) is 0 Å². The minimum Gasteiger partial charge on any atom is -0.310 e. The second kappa shape index (κ2) is 6.11. The van der Waals surface area contributed by atoms with Crippen LogP contribution in [0, 0.1) is 0 Å². The quantitative estimate of drug-likeness (QED) is 0.852. The topological polar surface area (TPSA) is 37.8 Å². The third kappa shape index (κ3) is 3.64. The lowest BCUT2D eigenvalue weighted by Gasteiger charge is -2.13. The summed E-state index contributed by atoms with van der Waals surface area (Å²) in [5.41, 5.74) is 2.39. The van der Waals surface area contributed by atoms with Crippen LogP contribution in [0.3, 0.4) is 0 Å². The summed E-state index contributed by atoms with van der Waals surface area (Å²) in [4.78, 5) is 8.32. The van der Waals surface area contributed by atoms with Gasteiger partial charge >= 0.3 is 0 Å². The predicted molar refractivity (Wildman–Crippen MR) is 68.6 cm³/mol. The Kier molecular flexibility index (Phi) is 4.22. The highest BCUT2D eigenvalue weighted by Gasteiger charge is 2.03. The van der Waals surface area contributed by atoms with Crippen LogP contribution >= 0.6 is 0 Å². The van der Waals surface area contributed by atoms with Gasteiger partial charge < -0.3 is 5.32 Å². The zero-order valence-electron chi connectivity index (χ0n) is 10.0. The monoisotopic (exact) mass is 227 g/mol. The normalized spacial score (nSPS) is 12.3. The first kappa shape index (κ1) is 11.7. The lowest BCUT2D eigenvalue weighted by molar-refractivity contribution is 0.573. The van der Waals surface area contributed by atoms with Gasteiger partial charge in [0.25, 0.3) is 0 Å². The summed E-state index contributed by atoms with van der Waals surface area (Å²) in [6.45, 7) is 3.09. The maximum Gasteiger partial charge on any atom is 0.0416 e. The highest BCUT2D eigenvalue weighted by atomic mass is 14.9. The van der Waals surface area contributed by atoms with E-state index in [1.54, 1.807) is 0 Å². The molecule has 2 aromatic rings. The van der Waals surface area contributed by atoms with Crippen molar-refractivity contribution in [3.05, 3.63) is 60.2 Å². The number of pyridine rings is 2. The molecule has 0 aliphatic heterocycles. The van der Waals surface area contributed by atoms with Crippen LogP contribution in [-0.4, -0.2) is 16.5 Å². The first-order valence-electron chi connectivity index (χ1n) is 5.89. The second-order valence-corrected chi connectivity index (χ2v) is 4.03. The van der Waals surface area contributed by atoms with Crippen molar-refractivity contribution in [1.82, 2.24) is 15.3 Å². The number of rotatable bonds is 5. The van der Waals surface area contributed by atoms with Gasteiger partial charge in [0.2, 0.25) is 0 Å². The van der Waals surface area contributed by atoms with E-state index < -0.39 is 0 Å². The molecule has 0 aliphatic rings. The molecule has 0 aliphatic carbocycles. The van der Waals surface area contributed by atoms with E-state index >= 15 is 0 Å². The van der Waals surface area contributed by atoms with E-state index in [4.69, 9.17) is 0 Å². The van der Waals surface area contributed by atoms with E-state index in [1.807, 2.05) is 42.9 Å². The molecule has 3 nitrogen and oxygen atoms in total. The Morgan fingerprint density at radius 1 is 1.12 bits per heavy atom. The highest BCUT2D eigenvalue weighted by Crippen LogP contribution is 2.09. The van der Waals surface area contributed by atoms with Crippen molar-refractivity contribution in [2.24, 2.45) is 0 Å². The smallest absolute Gasteiger partial charge is 0.0416 e. The second-order valence-electron chi connectivity index (χ2n) is 4.03. The number of hydrogen-bond donors (Lipinski definition) is 1. The number of aromatic nitrogens is 2. The molecule has 17 heavy (non-hydrogen) atoms. The fourth-order valence-corrected chi connectivity index (χ4v) is 1.73. The van der Waals surface area contributed by atoms with E-state index in [0.717, 1.165) is 18.7 Å². The number of nitrogens with zero attached hydrogens (tertiary/aromatic N) is 2. The Labute approximate surface area is 102 Å². The average Bonchev–Trinajstić information content (AvgIpc) is 2.41. The summed E-state index contributed by atoms with van der Waals surface area (Å²) < 4.78 is 0. The molecule has 0 spiro atoms. The molecule has 2 heterocycles. The van der Waals surface area contributed by atoms with Crippen LogP contribution in [0.4, 0.5) is 0 Å². The maximum absolute atomic E-state index is 4.30. The van der Waals surface area contributed by atoms with Crippen LogP contribution in [0.1, 0.15) is 24.2 Å². The van der Waals surface area contributed by atoms with E-state index in [2.05, 4.69) is 28.3 Å². The van der Waals surface area contributed by atoms with Crippen LogP contribution in [0.2, 0.25) is 0 Å².